The van der Waals surface area contributed by atoms with E-state index in [1.54, 1.807) is 0 Å². The number of allylic oxidation sites excluding steroid dienone is 1. The van der Waals surface area contributed by atoms with Gasteiger partial charge in [-0.05, 0) is 39.7 Å². The van der Waals surface area contributed by atoms with E-state index in [0.717, 1.165) is 18.4 Å². The molecular weight excluding hydrogens is 192 g/mol. The van der Waals surface area contributed by atoms with Gasteiger partial charge in [-0.2, -0.15) is 0 Å². The zero-order valence-corrected chi connectivity index (χ0v) is 9.79. The molecule has 0 aromatic heterocycles. The lowest BCUT2D eigenvalue weighted by atomic mass is 10.0. The largest absolute Gasteiger partial charge is 0.462 e. The van der Waals surface area contributed by atoms with E-state index in [1.165, 1.54) is 13.0 Å². The van der Waals surface area contributed by atoms with Gasteiger partial charge in [-0.15, -0.1) is 0 Å². The Morgan fingerprint density at radius 3 is 2.67 bits per heavy atom. The quantitative estimate of drug-likeness (QED) is 0.401. The van der Waals surface area contributed by atoms with Crippen LogP contribution in [0.4, 0.5) is 0 Å². The fourth-order valence-corrected chi connectivity index (χ4v) is 1.38. The fraction of sp³-hybridized carbons (Fsp3) is 0.750. The van der Waals surface area contributed by atoms with E-state index < -0.39 is 12.5 Å². The summed E-state index contributed by atoms with van der Waals surface area (Å²) in [5.74, 6) is -0.620. The first-order valence-corrected chi connectivity index (χ1v) is 5.18. The van der Waals surface area contributed by atoms with Crippen LogP contribution in [0, 0.1) is 0 Å². The first-order valence-electron chi connectivity index (χ1n) is 6.18. The van der Waals surface area contributed by atoms with Crippen LogP contribution in [-0.4, -0.2) is 24.2 Å². The highest BCUT2D eigenvalue weighted by Gasteiger charge is 2.46. The van der Waals surface area contributed by atoms with Crippen molar-refractivity contribution >= 4 is 5.97 Å². The zero-order valence-electron chi connectivity index (χ0n) is 11.8. The fourth-order valence-electron chi connectivity index (χ4n) is 1.38. The van der Waals surface area contributed by atoms with Gasteiger partial charge in [-0.25, -0.2) is 0 Å². The lowest BCUT2D eigenvalue weighted by Gasteiger charge is -2.01. The monoisotopic (exact) mass is 214 g/mol. The van der Waals surface area contributed by atoms with Gasteiger partial charge in [0.15, 0.2) is 0 Å². The number of hydrogen-bond donors (Lipinski definition) is 0. The summed E-state index contributed by atoms with van der Waals surface area (Å²) in [7, 11) is 0. The molecule has 0 amide bonds. The normalized spacial score (nSPS) is 26.7. The molecule has 0 spiro atoms. The Morgan fingerprint density at radius 2 is 2.20 bits per heavy atom. The van der Waals surface area contributed by atoms with Gasteiger partial charge in [0, 0.05) is 6.92 Å². The average molecular weight is 214 g/mol. The summed E-state index contributed by atoms with van der Waals surface area (Å²) in [5, 5.41) is 0. The van der Waals surface area contributed by atoms with E-state index in [9.17, 15) is 4.79 Å². The van der Waals surface area contributed by atoms with Crippen LogP contribution in [0.3, 0.4) is 0 Å². The molecule has 1 unspecified atom stereocenters. The zero-order chi connectivity index (χ0) is 13.3. The standard InChI is InChI=1S/C12H20O3/c1-9(7-8-14-10(2)13)5-6-11-12(3,4)15-11/h7,11H,5-6,8H2,1-4H3/b9-7+/i8D2. The third kappa shape index (κ3) is 4.47. The molecule has 1 aliphatic rings. The van der Waals surface area contributed by atoms with E-state index >= 15 is 0 Å². The van der Waals surface area contributed by atoms with Crippen LogP contribution >= 0.6 is 0 Å². The van der Waals surface area contributed by atoms with Crippen LogP contribution < -0.4 is 0 Å². The second kappa shape index (κ2) is 4.79. The molecule has 86 valence electrons. The van der Waals surface area contributed by atoms with E-state index in [1.807, 2.05) is 20.8 Å². The molecule has 1 fully saturated rings. The number of hydrogen-bond acceptors (Lipinski definition) is 3. The second-order valence-corrected chi connectivity index (χ2v) is 4.45. The smallest absolute Gasteiger partial charge is 0.302 e. The van der Waals surface area contributed by atoms with Crippen molar-refractivity contribution < 1.29 is 17.0 Å². The van der Waals surface area contributed by atoms with E-state index in [4.69, 9.17) is 7.48 Å². The van der Waals surface area contributed by atoms with Gasteiger partial charge in [-0.1, -0.05) is 5.57 Å². The SMILES string of the molecule is [2H]C([2H])(/C=C(\C)CCC1OC1(C)C)OC(C)=O. The van der Waals surface area contributed by atoms with E-state index in [-0.39, 0.29) is 11.7 Å². The molecule has 15 heavy (non-hydrogen) atoms. The highest BCUT2D eigenvalue weighted by molar-refractivity contribution is 5.66. The van der Waals surface area contributed by atoms with Crippen molar-refractivity contribution in [2.24, 2.45) is 0 Å². The maximum Gasteiger partial charge on any atom is 0.302 e. The van der Waals surface area contributed by atoms with Crippen LogP contribution in [0.2, 0.25) is 0 Å². The summed E-state index contributed by atoms with van der Waals surface area (Å²) < 4.78 is 25.0. The summed E-state index contributed by atoms with van der Waals surface area (Å²) in [6.07, 6.45) is 3.22. The minimum absolute atomic E-state index is 0.0326. The Labute approximate surface area is 94.3 Å². The Kier molecular flexibility index (Phi) is 3.00. The molecule has 0 aliphatic carbocycles. The summed E-state index contributed by atoms with van der Waals surface area (Å²) in [6, 6.07) is 0. The van der Waals surface area contributed by atoms with Crippen LogP contribution in [0.5, 0.6) is 0 Å². The highest BCUT2D eigenvalue weighted by atomic mass is 16.6. The molecular formula is C12H20O3. The topological polar surface area (TPSA) is 38.8 Å². The van der Waals surface area contributed by atoms with Gasteiger partial charge in [0.25, 0.3) is 0 Å². The number of rotatable bonds is 5. The van der Waals surface area contributed by atoms with Gasteiger partial charge >= 0.3 is 5.97 Å². The molecule has 0 bridgehead atoms. The first kappa shape index (κ1) is 9.40. The number of carbonyl (C=O) groups is 1. The van der Waals surface area contributed by atoms with Crippen molar-refractivity contribution in [1.82, 2.24) is 0 Å². The van der Waals surface area contributed by atoms with Gasteiger partial charge in [-0.3, -0.25) is 4.79 Å². The molecule has 0 aromatic rings. The predicted octanol–water partition coefficient (Wildman–Crippen LogP) is 2.45. The predicted molar refractivity (Wildman–Crippen MR) is 58.6 cm³/mol. The average Bonchev–Trinajstić information content (AvgIpc) is 2.67. The van der Waals surface area contributed by atoms with Crippen LogP contribution in [0.25, 0.3) is 0 Å². The van der Waals surface area contributed by atoms with Crippen molar-refractivity contribution in [3.8, 4) is 0 Å². The molecule has 1 rings (SSSR count). The lowest BCUT2D eigenvalue weighted by molar-refractivity contribution is -0.139. The van der Waals surface area contributed by atoms with E-state index in [2.05, 4.69) is 4.74 Å². The molecule has 1 heterocycles. The van der Waals surface area contributed by atoms with Crippen molar-refractivity contribution in [3.63, 3.8) is 0 Å². The van der Waals surface area contributed by atoms with Crippen molar-refractivity contribution in [1.29, 1.82) is 0 Å². The Hall–Kier alpha value is -0.830. The molecule has 1 aliphatic heterocycles. The Balaban J connectivity index is 2.40. The highest BCUT2D eigenvalue weighted by Crippen LogP contribution is 2.38. The summed E-state index contributed by atoms with van der Waals surface area (Å²) >= 11 is 0. The molecule has 0 saturated carbocycles. The van der Waals surface area contributed by atoms with Crippen LogP contribution in [-0.2, 0) is 14.3 Å². The number of epoxide rings is 1. The summed E-state index contributed by atoms with van der Waals surface area (Å²) in [6.45, 7) is 5.08. The van der Waals surface area contributed by atoms with Crippen molar-refractivity contribution in [2.75, 3.05) is 6.56 Å². The molecule has 0 radical (unpaired) electrons. The maximum absolute atomic E-state index is 10.7. The summed E-state index contributed by atoms with van der Waals surface area (Å²) in [5.41, 5.74) is 0.831. The third-order valence-corrected chi connectivity index (χ3v) is 2.47. The third-order valence-electron chi connectivity index (χ3n) is 2.47. The van der Waals surface area contributed by atoms with Gasteiger partial charge in [0.1, 0.15) is 6.56 Å². The Morgan fingerprint density at radius 1 is 1.60 bits per heavy atom. The minimum Gasteiger partial charge on any atom is -0.462 e. The second-order valence-electron chi connectivity index (χ2n) is 4.45. The molecule has 0 N–H and O–H groups in total. The Bertz CT molecular complexity index is 335. The molecule has 3 nitrogen and oxygen atoms in total. The molecule has 0 aromatic carbocycles. The van der Waals surface area contributed by atoms with Gasteiger partial charge in [0.05, 0.1) is 14.4 Å². The van der Waals surface area contributed by atoms with Gasteiger partial charge in [0.2, 0.25) is 0 Å². The van der Waals surface area contributed by atoms with Crippen molar-refractivity contribution in [3.05, 3.63) is 11.6 Å². The van der Waals surface area contributed by atoms with Crippen LogP contribution in [0.1, 0.15) is 43.3 Å². The number of carbonyl (C=O) groups excluding carboxylic acids is 1. The molecule has 3 heteroatoms. The maximum atomic E-state index is 10.7. The molecule has 1 saturated heterocycles. The molecule has 1 atom stereocenters. The first-order chi connectivity index (χ1) is 7.62. The number of esters is 1. The summed E-state index contributed by atoms with van der Waals surface area (Å²) in [4.78, 5) is 10.7. The van der Waals surface area contributed by atoms with E-state index in [0.29, 0.717) is 0 Å². The van der Waals surface area contributed by atoms with Gasteiger partial charge < -0.3 is 9.47 Å². The minimum atomic E-state index is -2.02. The van der Waals surface area contributed by atoms with Crippen molar-refractivity contribution in [2.45, 2.75) is 52.2 Å². The number of ether oxygens (including phenoxy) is 2. The van der Waals surface area contributed by atoms with Crippen LogP contribution in [0.15, 0.2) is 11.6 Å². The lowest BCUT2D eigenvalue weighted by Crippen LogP contribution is -2.03.